The highest BCUT2D eigenvalue weighted by Crippen LogP contribution is 1.97. The molecule has 0 fully saturated rings. The minimum Gasteiger partial charge on any atom is -0.423 e. The maximum atomic E-state index is 11.1. The molecule has 4 N–H and O–H groups in total. The van der Waals surface area contributed by atoms with E-state index in [0.717, 1.165) is 0 Å². The van der Waals surface area contributed by atoms with Gasteiger partial charge in [-0.25, -0.2) is 0 Å². The van der Waals surface area contributed by atoms with Crippen LogP contribution in [0.25, 0.3) is 0 Å². The highest BCUT2D eigenvalue weighted by molar-refractivity contribution is 6.62. The average Bonchev–Trinajstić information content (AvgIpc) is 2.16. The molecule has 15 heavy (non-hydrogen) atoms. The Kier molecular flexibility index (Phi) is 3.65. The number of Topliss-reactive ketones (excluding diaryl/α,β-unsaturated/α-hetero) is 1. The number of carbonyl (C=O) groups excluding carboxylic acids is 1. The van der Waals surface area contributed by atoms with Crippen molar-refractivity contribution >= 4 is 30.9 Å². The Morgan fingerprint density at radius 1 is 1.00 bits per heavy atom. The maximum absolute atomic E-state index is 11.1. The molecule has 0 unspecified atom stereocenters. The van der Waals surface area contributed by atoms with Crippen LogP contribution in [0, 0.1) is 0 Å². The summed E-state index contributed by atoms with van der Waals surface area (Å²) in [6, 6.07) is 3.79. The van der Waals surface area contributed by atoms with Gasteiger partial charge in [-0.3, -0.25) is 4.79 Å². The smallest absolute Gasteiger partial charge is 0.423 e. The van der Waals surface area contributed by atoms with Crippen LogP contribution in [0.1, 0.15) is 17.3 Å². The molecule has 0 saturated heterocycles. The van der Waals surface area contributed by atoms with E-state index in [1.807, 2.05) is 0 Å². The molecule has 0 heterocycles. The topological polar surface area (TPSA) is 98.0 Å². The second kappa shape index (κ2) is 4.59. The molecule has 0 aliphatic heterocycles. The first-order valence-electron chi connectivity index (χ1n) is 4.30. The molecule has 1 rings (SSSR count). The average molecular weight is 208 g/mol. The van der Waals surface area contributed by atoms with Crippen molar-refractivity contribution in [2.24, 2.45) is 0 Å². The van der Waals surface area contributed by atoms with Crippen LogP contribution < -0.4 is 10.9 Å². The van der Waals surface area contributed by atoms with Crippen LogP contribution in [-0.2, 0) is 0 Å². The van der Waals surface area contributed by atoms with Crippen molar-refractivity contribution in [1.29, 1.82) is 0 Å². The SMILES string of the molecule is CC(=O)c1cc(B(O)O)cc(B(O)O)c1. The summed E-state index contributed by atoms with van der Waals surface area (Å²) in [7, 11) is -3.50. The number of carbonyl (C=O) groups is 1. The first kappa shape index (κ1) is 11.9. The lowest BCUT2D eigenvalue weighted by Crippen LogP contribution is -2.38. The zero-order chi connectivity index (χ0) is 11.6. The van der Waals surface area contributed by atoms with E-state index in [-0.39, 0.29) is 22.3 Å². The van der Waals surface area contributed by atoms with E-state index in [4.69, 9.17) is 20.1 Å². The third kappa shape index (κ3) is 2.90. The monoisotopic (exact) mass is 208 g/mol. The van der Waals surface area contributed by atoms with Gasteiger partial charge in [0.05, 0.1) is 0 Å². The van der Waals surface area contributed by atoms with Crippen LogP contribution in [0.4, 0.5) is 0 Å². The highest BCUT2D eigenvalue weighted by Gasteiger charge is 2.19. The molecule has 0 aliphatic rings. The quantitative estimate of drug-likeness (QED) is 0.318. The van der Waals surface area contributed by atoms with Crippen molar-refractivity contribution in [3.05, 3.63) is 23.8 Å². The predicted octanol–water partition coefficient (Wildman–Crippen LogP) is -2.75. The summed E-state index contributed by atoms with van der Waals surface area (Å²) in [4.78, 5) is 11.1. The van der Waals surface area contributed by atoms with Crippen LogP contribution in [0.3, 0.4) is 0 Å². The van der Waals surface area contributed by atoms with Gasteiger partial charge in [-0.1, -0.05) is 18.2 Å². The molecule has 0 aromatic heterocycles. The van der Waals surface area contributed by atoms with Crippen LogP contribution in [-0.4, -0.2) is 40.1 Å². The zero-order valence-corrected chi connectivity index (χ0v) is 8.08. The Balaban J connectivity index is 3.26. The van der Waals surface area contributed by atoms with Gasteiger partial charge < -0.3 is 20.1 Å². The van der Waals surface area contributed by atoms with E-state index in [9.17, 15) is 4.79 Å². The summed E-state index contributed by atoms with van der Waals surface area (Å²) >= 11 is 0. The van der Waals surface area contributed by atoms with Gasteiger partial charge >= 0.3 is 14.2 Å². The van der Waals surface area contributed by atoms with Crippen molar-refractivity contribution in [1.82, 2.24) is 0 Å². The molecule has 0 saturated carbocycles. The number of ketones is 1. The fourth-order valence-electron chi connectivity index (χ4n) is 1.18. The Labute approximate surface area is 87.3 Å². The molecule has 0 spiro atoms. The maximum Gasteiger partial charge on any atom is 0.488 e. The van der Waals surface area contributed by atoms with Crippen LogP contribution in [0.15, 0.2) is 18.2 Å². The van der Waals surface area contributed by atoms with Crippen LogP contribution in [0.2, 0.25) is 0 Å². The molecule has 0 amide bonds. The van der Waals surface area contributed by atoms with Crippen molar-refractivity contribution in [2.45, 2.75) is 6.92 Å². The summed E-state index contributed by atoms with van der Waals surface area (Å²) in [5.41, 5.74) is 0.292. The molecule has 0 aliphatic carbocycles. The van der Waals surface area contributed by atoms with E-state index in [2.05, 4.69) is 0 Å². The van der Waals surface area contributed by atoms with Gasteiger partial charge in [0, 0.05) is 5.56 Å². The van der Waals surface area contributed by atoms with Gasteiger partial charge in [0.15, 0.2) is 5.78 Å². The summed E-state index contributed by atoms with van der Waals surface area (Å²) in [6.07, 6.45) is 0. The minimum atomic E-state index is -1.75. The molecule has 7 heteroatoms. The minimum absolute atomic E-state index is 0.0470. The van der Waals surface area contributed by atoms with Crippen LogP contribution in [0.5, 0.6) is 0 Å². The fourth-order valence-corrected chi connectivity index (χ4v) is 1.18. The predicted molar refractivity (Wildman–Crippen MR) is 56.1 cm³/mol. The van der Waals surface area contributed by atoms with E-state index in [0.29, 0.717) is 0 Å². The Morgan fingerprint density at radius 2 is 1.40 bits per heavy atom. The molecule has 1 aromatic rings. The van der Waals surface area contributed by atoms with E-state index < -0.39 is 14.2 Å². The largest absolute Gasteiger partial charge is 0.488 e. The first-order chi connectivity index (χ1) is 6.91. The standard InChI is InChI=1S/C8H10B2O5/c1-5(11)6-2-7(9(12)13)4-8(3-6)10(14)15/h2-4,12-15H,1H3. The van der Waals surface area contributed by atoms with E-state index in [1.165, 1.54) is 25.1 Å². The van der Waals surface area contributed by atoms with Gasteiger partial charge in [0.1, 0.15) is 0 Å². The van der Waals surface area contributed by atoms with Crippen molar-refractivity contribution < 1.29 is 24.9 Å². The fraction of sp³-hybridized carbons (Fsp3) is 0.125. The van der Waals surface area contributed by atoms with E-state index >= 15 is 0 Å². The summed E-state index contributed by atoms with van der Waals surface area (Å²) in [5.74, 6) is -0.292. The molecular formula is C8H10B2O5. The third-order valence-electron chi connectivity index (χ3n) is 1.98. The third-order valence-corrected chi connectivity index (χ3v) is 1.98. The lowest BCUT2D eigenvalue weighted by atomic mass is 9.71. The molecule has 5 nitrogen and oxygen atoms in total. The van der Waals surface area contributed by atoms with Crippen molar-refractivity contribution in [3.63, 3.8) is 0 Å². The normalized spacial score (nSPS) is 9.93. The Morgan fingerprint density at radius 3 is 1.67 bits per heavy atom. The summed E-state index contributed by atoms with van der Waals surface area (Å²) < 4.78 is 0. The number of rotatable bonds is 3. The van der Waals surface area contributed by atoms with E-state index in [1.54, 1.807) is 0 Å². The zero-order valence-electron chi connectivity index (χ0n) is 8.08. The van der Waals surface area contributed by atoms with Crippen molar-refractivity contribution in [3.8, 4) is 0 Å². The second-order valence-electron chi connectivity index (χ2n) is 3.19. The van der Waals surface area contributed by atoms with Gasteiger partial charge in [-0.05, 0) is 17.8 Å². The summed E-state index contributed by atoms with van der Waals surface area (Å²) in [5, 5.41) is 35.7. The summed E-state index contributed by atoms with van der Waals surface area (Å²) in [6.45, 7) is 1.30. The molecular weight excluding hydrogens is 198 g/mol. The van der Waals surface area contributed by atoms with Gasteiger partial charge in [-0.15, -0.1) is 0 Å². The Hall–Kier alpha value is -1.14. The molecule has 0 bridgehead atoms. The van der Waals surface area contributed by atoms with Gasteiger partial charge in [0.2, 0.25) is 0 Å². The van der Waals surface area contributed by atoms with Crippen LogP contribution >= 0.6 is 0 Å². The van der Waals surface area contributed by atoms with Gasteiger partial charge in [0.25, 0.3) is 0 Å². The number of hydrogen-bond acceptors (Lipinski definition) is 5. The lowest BCUT2D eigenvalue weighted by Gasteiger charge is -2.06. The Bertz CT molecular complexity index is 351. The second-order valence-corrected chi connectivity index (χ2v) is 3.19. The lowest BCUT2D eigenvalue weighted by molar-refractivity contribution is 0.101. The van der Waals surface area contributed by atoms with Crippen molar-refractivity contribution in [2.75, 3.05) is 0 Å². The number of benzene rings is 1. The molecule has 1 aromatic carbocycles. The number of hydrogen-bond donors (Lipinski definition) is 4. The molecule has 0 radical (unpaired) electrons. The van der Waals surface area contributed by atoms with Gasteiger partial charge in [-0.2, -0.15) is 0 Å². The first-order valence-corrected chi connectivity index (χ1v) is 4.30. The highest BCUT2D eigenvalue weighted by atomic mass is 16.4. The molecule has 78 valence electrons. The molecule has 0 atom stereocenters.